The van der Waals surface area contributed by atoms with Gasteiger partial charge in [0.25, 0.3) is 0 Å². The first-order valence-electron chi connectivity index (χ1n) is 7.24. The summed E-state index contributed by atoms with van der Waals surface area (Å²) in [6, 6.07) is 10.5. The van der Waals surface area contributed by atoms with Crippen LogP contribution in [0.5, 0.6) is 0 Å². The van der Waals surface area contributed by atoms with Crippen molar-refractivity contribution in [1.29, 1.82) is 0 Å². The van der Waals surface area contributed by atoms with Crippen LogP contribution in [0.2, 0.25) is 0 Å². The van der Waals surface area contributed by atoms with Crippen molar-refractivity contribution in [3.8, 4) is 0 Å². The van der Waals surface area contributed by atoms with Crippen molar-refractivity contribution >= 4 is 11.8 Å². The molecular weight excluding hydrogens is 285 g/mol. The highest BCUT2D eigenvalue weighted by atomic mass is 32.2. The third-order valence-electron chi connectivity index (χ3n) is 3.94. The van der Waals surface area contributed by atoms with Gasteiger partial charge in [-0.2, -0.15) is 0 Å². The van der Waals surface area contributed by atoms with Gasteiger partial charge in [-0.05, 0) is 55.2 Å². The molecule has 0 saturated carbocycles. The topological polar surface area (TPSA) is 33.1 Å². The molecule has 1 aliphatic carbocycles. The quantitative estimate of drug-likeness (QED) is 0.872. The molecule has 1 heterocycles. The minimum atomic E-state index is -0.422. The van der Waals surface area contributed by atoms with Gasteiger partial charge in [0.05, 0.1) is 6.10 Å². The van der Waals surface area contributed by atoms with Gasteiger partial charge in [0.15, 0.2) is 0 Å². The maximum Gasteiger partial charge on any atom is 0.123 e. The molecule has 0 fully saturated rings. The maximum absolute atomic E-state index is 12.9. The predicted molar refractivity (Wildman–Crippen MR) is 83.0 cm³/mol. The lowest BCUT2D eigenvalue weighted by Gasteiger charge is -2.28. The second-order valence-electron chi connectivity index (χ2n) is 5.38. The number of nitrogens with zero attached hydrogens (tertiary/aromatic N) is 1. The van der Waals surface area contributed by atoms with E-state index in [4.69, 9.17) is 0 Å². The average Bonchev–Trinajstić information content (AvgIpc) is 2.53. The Bertz CT molecular complexity index is 602. The second-order valence-corrected chi connectivity index (χ2v) is 6.47. The lowest BCUT2D eigenvalue weighted by molar-refractivity contribution is 0.155. The highest BCUT2D eigenvalue weighted by Gasteiger charge is 2.27. The van der Waals surface area contributed by atoms with Crippen LogP contribution >= 0.6 is 11.8 Å². The Morgan fingerprint density at radius 2 is 2.10 bits per heavy atom. The third kappa shape index (κ3) is 3.44. The van der Waals surface area contributed by atoms with Gasteiger partial charge in [0.2, 0.25) is 0 Å². The van der Waals surface area contributed by atoms with E-state index in [1.165, 1.54) is 17.7 Å². The first-order chi connectivity index (χ1) is 10.2. The summed E-state index contributed by atoms with van der Waals surface area (Å²) in [6.45, 7) is 0. The van der Waals surface area contributed by atoms with Gasteiger partial charge < -0.3 is 5.11 Å². The fourth-order valence-corrected chi connectivity index (χ4v) is 3.77. The Morgan fingerprint density at radius 3 is 2.90 bits per heavy atom. The van der Waals surface area contributed by atoms with Crippen LogP contribution in [0, 0.1) is 5.82 Å². The minimum Gasteiger partial charge on any atom is -0.392 e. The molecule has 0 aliphatic heterocycles. The van der Waals surface area contributed by atoms with Crippen LogP contribution in [0.1, 0.15) is 30.0 Å². The molecule has 1 aliphatic rings. The molecule has 3 rings (SSSR count). The molecule has 0 bridgehead atoms. The van der Waals surface area contributed by atoms with E-state index in [9.17, 15) is 9.50 Å². The highest BCUT2D eigenvalue weighted by Crippen LogP contribution is 2.34. The predicted octanol–water partition coefficient (Wildman–Crippen LogP) is 3.79. The molecule has 0 radical (unpaired) electrons. The van der Waals surface area contributed by atoms with E-state index in [-0.39, 0.29) is 11.7 Å². The second kappa shape index (κ2) is 6.58. The normalized spacial score (nSPS) is 19.0. The van der Waals surface area contributed by atoms with Gasteiger partial charge in [-0.1, -0.05) is 6.07 Å². The molecule has 2 nitrogen and oxygen atoms in total. The van der Waals surface area contributed by atoms with Gasteiger partial charge in [-0.3, -0.25) is 4.98 Å². The van der Waals surface area contributed by atoms with Crippen LogP contribution in [-0.2, 0) is 6.42 Å². The fourth-order valence-electron chi connectivity index (χ4n) is 2.85. The van der Waals surface area contributed by atoms with E-state index in [1.807, 2.05) is 6.07 Å². The number of rotatable bonds is 4. The van der Waals surface area contributed by atoms with Crippen molar-refractivity contribution in [2.45, 2.75) is 36.2 Å². The monoisotopic (exact) mass is 303 g/mol. The molecule has 0 amide bonds. The zero-order chi connectivity index (χ0) is 14.7. The van der Waals surface area contributed by atoms with E-state index in [0.29, 0.717) is 5.75 Å². The summed E-state index contributed by atoms with van der Waals surface area (Å²) in [5.41, 5.74) is 2.32. The van der Waals surface area contributed by atoms with E-state index in [0.717, 1.165) is 29.9 Å². The van der Waals surface area contributed by atoms with Gasteiger partial charge in [0.1, 0.15) is 5.82 Å². The molecule has 2 aromatic rings. The van der Waals surface area contributed by atoms with E-state index in [2.05, 4.69) is 11.1 Å². The van der Waals surface area contributed by atoms with Crippen LogP contribution in [0.15, 0.2) is 47.5 Å². The molecule has 110 valence electrons. The van der Waals surface area contributed by atoms with Crippen LogP contribution in [0.25, 0.3) is 0 Å². The number of halogens is 1. The van der Waals surface area contributed by atoms with Gasteiger partial charge in [-0.25, -0.2) is 4.39 Å². The van der Waals surface area contributed by atoms with Gasteiger partial charge in [0, 0.05) is 28.5 Å². The summed E-state index contributed by atoms with van der Waals surface area (Å²) >= 11 is 1.56. The standard InChI is InChI=1S/C17H18FNOS/c18-13-6-8-14(9-7-13)21-11-16(20)15-5-1-3-12-4-2-10-19-17(12)15/h2,4,6-10,15-16,20H,1,3,5,11H2. The van der Waals surface area contributed by atoms with Crippen molar-refractivity contribution in [2.24, 2.45) is 0 Å². The molecule has 2 atom stereocenters. The number of benzene rings is 1. The zero-order valence-corrected chi connectivity index (χ0v) is 12.5. The molecule has 0 saturated heterocycles. The maximum atomic E-state index is 12.9. The molecule has 1 aromatic heterocycles. The van der Waals surface area contributed by atoms with E-state index in [1.54, 1.807) is 30.1 Å². The number of fused-ring (bicyclic) bond motifs is 1. The zero-order valence-electron chi connectivity index (χ0n) is 11.7. The van der Waals surface area contributed by atoms with E-state index >= 15 is 0 Å². The Morgan fingerprint density at radius 1 is 1.29 bits per heavy atom. The number of aliphatic hydroxyl groups excluding tert-OH is 1. The van der Waals surface area contributed by atoms with Gasteiger partial charge >= 0.3 is 0 Å². The van der Waals surface area contributed by atoms with Crippen LogP contribution in [-0.4, -0.2) is 21.9 Å². The molecule has 4 heteroatoms. The molecule has 21 heavy (non-hydrogen) atoms. The van der Waals surface area contributed by atoms with Crippen molar-refractivity contribution in [2.75, 3.05) is 5.75 Å². The summed E-state index contributed by atoms with van der Waals surface area (Å²) in [5, 5.41) is 10.5. The minimum absolute atomic E-state index is 0.114. The Labute approximate surface area is 128 Å². The SMILES string of the molecule is OC(CSc1ccc(F)cc1)C1CCCc2cccnc21. The van der Waals surface area contributed by atoms with Gasteiger partial charge in [-0.15, -0.1) is 11.8 Å². The summed E-state index contributed by atoms with van der Waals surface area (Å²) in [6.07, 6.45) is 4.51. The molecular formula is C17H18FNOS. The largest absolute Gasteiger partial charge is 0.392 e. The number of hydrogen-bond donors (Lipinski definition) is 1. The van der Waals surface area contributed by atoms with Crippen molar-refractivity contribution in [1.82, 2.24) is 4.98 Å². The number of aliphatic hydroxyl groups is 1. The Kier molecular flexibility index (Phi) is 4.56. The number of thioether (sulfide) groups is 1. The van der Waals surface area contributed by atoms with Crippen LogP contribution in [0.3, 0.4) is 0 Å². The first kappa shape index (κ1) is 14.5. The lowest BCUT2D eigenvalue weighted by Crippen LogP contribution is -2.26. The highest BCUT2D eigenvalue weighted by molar-refractivity contribution is 7.99. The van der Waals surface area contributed by atoms with Crippen LogP contribution < -0.4 is 0 Å². The smallest absolute Gasteiger partial charge is 0.123 e. The third-order valence-corrected chi connectivity index (χ3v) is 5.05. The Hall–Kier alpha value is -1.39. The fraction of sp³-hybridized carbons (Fsp3) is 0.353. The van der Waals surface area contributed by atoms with Crippen molar-refractivity contribution in [3.05, 3.63) is 59.7 Å². The summed E-state index contributed by atoms with van der Waals surface area (Å²) in [5.74, 6) is 0.486. The number of hydrogen-bond acceptors (Lipinski definition) is 3. The Balaban J connectivity index is 1.66. The molecule has 1 N–H and O–H groups in total. The number of pyridine rings is 1. The number of aryl methyl sites for hydroxylation is 1. The van der Waals surface area contributed by atoms with Crippen molar-refractivity contribution in [3.63, 3.8) is 0 Å². The van der Waals surface area contributed by atoms with E-state index < -0.39 is 6.10 Å². The van der Waals surface area contributed by atoms with Crippen molar-refractivity contribution < 1.29 is 9.50 Å². The average molecular weight is 303 g/mol. The van der Waals surface area contributed by atoms with Crippen LogP contribution in [0.4, 0.5) is 4.39 Å². The molecule has 0 spiro atoms. The summed E-state index contributed by atoms with van der Waals surface area (Å²) < 4.78 is 12.9. The molecule has 2 unspecified atom stereocenters. The summed E-state index contributed by atoms with van der Waals surface area (Å²) in [7, 11) is 0. The number of aromatic nitrogens is 1. The first-order valence-corrected chi connectivity index (χ1v) is 8.23. The summed E-state index contributed by atoms with van der Waals surface area (Å²) in [4.78, 5) is 5.45. The lowest BCUT2D eigenvalue weighted by atomic mass is 9.84. The molecule has 1 aromatic carbocycles.